The molecule has 1 heterocycles. The van der Waals surface area contributed by atoms with Gasteiger partial charge in [0.05, 0.1) is 6.42 Å². The van der Waals surface area contributed by atoms with E-state index in [0.717, 1.165) is 0 Å². The first kappa shape index (κ1) is 8.98. The molecule has 12 heavy (non-hydrogen) atoms. The molecule has 6 nitrogen and oxygen atoms in total. The number of carboxylic acid groups (broad SMARTS) is 1. The van der Waals surface area contributed by atoms with Gasteiger partial charge in [0.25, 0.3) is 0 Å². The van der Waals surface area contributed by atoms with E-state index in [1.807, 2.05) is 0 Å². The molecule has 0 radical (unpaired) electrons. The quantitative estimate of drug-likeness (QED) is 0.718. The second-order valence-electron chi connectivity index (χ2n) is 2.23. The molecule has 0 bridgehead atoms. The molecule has 0 aliphatic rings. The van der Waals surface area contributed by atoms with Gasteiger partial charge >= 0.3 is 5.97 Å². The van der Waals surface area contributed by atoms with E-state index in [0.29, 0.717) is 0 Å². The summed E-state index contributed by atoms with van der Waals surface area (Å²) < 4.78 is 1.44. The number of hydrogen-bond acceptors (Lipinski definition) is 5. The number of hydrogen-bond donors (Lipinski definition) is 1. The molecule has 1 atom stereocenters. The molecule has 0 aliphatic heterocycles. The highest BCUT2D eigenvalue weighted by molar-refractivity contribution is 7.98. The average molecular weight is 188 g/mol. The van der Waals surface area contributed by atoms with Gasteiger partial charge in [-0.25, -0.2) is 0 Å². The van der Waals surface area contributed by atoms with Gasteiger partial charge in [-0.05, 0) is 22.4 Å². The Morgan fingerprint density at radius 2 is 2.58 bits per heavy atom. The molecule has 0 saturated carbocycles. The molecule has 1 N–H and O–H groups in total. The monoisotopic (exact) mass is 188 g/mol. The van der Waals surface area contributed by atoms with Crippen LogP contribution in [0.3, 0.4) is 0 Å². The summed E-state index contributed by atoms with van der Waals surface area (Å²) in [5.41, 5.74) is 0. The van der Waals surface area contributed by atoms with E-state index in [2.05, 4.69) is 15.5 Å². The van der Waals surface area contributed by atoms with E-state index in [1.54, 1.807) is 6.92 Å². The van der Waals surface area contributed by atoms with Crippen LogP contribution >= 0.6 is 11.9 Å². The molecule has 1 aromatic heterocycles. The number of aromatic nitrogens is 4. The second-order valence-corrected chi connectivity index (χ2v) is 3.62. The van der Waals surface area contributed by atoms with Crippen LogP contribution in [0.15, 0.2) is 6.33 Å². The molecule has 0 spiro atoms. The summed E-state index contributed by atoms with van der Waals surface area (Å²) in [6, 6.07) is 0. The molecule has 0 aromatic carbocycles. The fourth-order valence-corrected chi connectivity index (χ4v) is 1.43. The van der Waals surface area contributed by atoms with Crippen LogP contribution in [0.4, 0.5) is 0 Å². The Hall–Kier alpha value is -1.11. The summed E-state index contributed by atoms with van der Waals surface area (Å²) in [5, 5.41) is 18.8. The third-order valence-electron chi connectivity index (χ3n) is 1.08. The van der Waals surface area contributed by atoms with Crippen molar-refractivity contribution in [1.29, 1.82) is 0 Å². The first-order valence-corrected chi connectivity index (χ1v) is 4.14. The summed E-state index contributed by atoms with van der Waals surface area (Å²) in [5.74, 6) is -0.817. The number of aliphatic carboxylic acids is 1. The van der Waals surface area contributed by atoms with Crippen molar-refractivity contribution in [2.24, 2.45) is 0 Å². The lowest BCUT2D eigenvalue weighted by Crippen LogP contribution is -2.08. The minimum absolute atomic E-state index is 0.0361. The zero-order valence-corrected chi connectivity index (χ0v) is 7.23. The zero-order chi connectivity index (χ0) is 8.97. The van der Waals surface area contributed by atoms with Crippen LogP contribution in [0.5, 0.6) is 0 Å². The predicted molar refractivity (Wildman–Crippen MR) is 42.5 cm³/mol. The van der Waals surface area contributed by atoms with Crippen LogP contribution in [0, 0.1) is 0 Å². The Morgan fingerprint density at radius 1 is 1.83 bits per heavy atom. The number of rotatable bonds is 4. The maximum atomic E-state index is 10.3. The number of nitrogens with zero attached hydrogens (tertiary/aromatic N) is 4. The van der Waals surface area contributed by atoms with Crippen molar-refractivity contribution >= 4 is 17.9 Å². The van der Waals surface area contributed by atoms with Crippen LogP contribution < -0.4 is 0 Å². The molecular weight excluding hydrogens is 180 g/mol. The fourth-order valence-electron chi connectivity index (χ4n) is 0.669. The smallest absolute Gasteiger partial charge is 0.304 e. The molecule has 0 fully saturated rings. The third kappa shape index (κ3) is 2.87. The van der Waals surface area contributed by atoms with Crippen molar-refractivity contribution < 1.29 is 9.90 Å². The molecular formula is C5H8N4O2S. The summed E-state index contributed by atoms with van der Waals surface area (Å²) in [4.78, 5) is 10.3. The lowest BCUT2D eigenvalue weighted by Gasteiger charge is -2.04. The summed E-state index contributed by atoms with van der Waals surface area (Å²) >= 11 is 1.28. The van der Waals surface area contributed by atoms with E-state index in [9.17, 15) is 4.79 Å². The Labute approximate surface area is 73.1 Å². The predicted octanol–water partition coefficient (Wildman–Crippen LogP) is 0.0326. The zero-order valence-electron chi connectivity index (χ0n) is 6.41. The fraction of sp³-hybridized carbons (Fsp3) is 0.600. The van der Waals surface area contributed by atoms with Gasteiger partial charge in [0.15, 0.2) is 6.33 Å². The SMILES string of the molecule is CC(CC(=O)O)Sn1cnnn1. The van der Waals surface area contributed by atoms with Crippen LogP contribution in [0.2, 0.25) is 0 Å². The van der Waals surface area contributed by atoms with Crippen molar-refractivity contribution in [3.05, 3.63) is 6.33 Å². The van der Waals surface area contributed by atoms with E-state index in [4.69, 9.17) is 5.11 Å². The largest absolute Gasteiger partial charge is 0.481 e. The van der Waals surface area contributed by atoms with E-state index < -0.39 is 5.97 Å². The van der Waals surface area contributed by atoms with Crippen molar-refractivity contribution in [3.8, 4) is 0 Å². The number of tetrazole rings is 1. The highest BCUT2D eigenvalue weighted by Crippen LogP contribution is 2.13. The maximum absolute atomic E-state index is 10.3. The summed E-state index contributed by atoms with van der Waals surface area (Å²) in [6.45, 7) is 1.81. The van der Waals surface area contributed by atoms with Crippen molar-refractivity contribution in [1.82, 2.24) is 19.6 Å². The standard InChI is InChI=1S/C5H8N4O2S/c1-4(2-5(10)11)12-9-3-6-7-8-9/h3-4H,2H2,1H3,(H,10,11). The Bertz CT molecular complexity index is 250. The van der Waals surface area contributed by atoms with Gasteiger partial charge < -0.3 is 5.11 Å². The molecule has 7 heteroatoms. The van der Waals surface area contributed by atoms with Crippen LogP contribution in [0.25, 0.3) is 0 Å². The maximum Gasteiger partial charge on any atom is 0.304 e. The Kier molecular flexibility index (Phi) is 3.03. The van der Waals surface area contributed by atoms with Crippen molar-refractivity contribution in [3.63, 3.8) is 0 Å². The van der Waals surface area contributed by atoms with E-state index >= 15 is 0 Å². The highest BCUT2D eigenvalue weighted by Gasteiger charge is 2.09. The minimum atomic E-state index is -0.817. The highest BCUT2D eigenvalue weighted by atomic mass is 32.2. The van der Waals surface area contributed by atoms with Gasteiger partial charge in [0.1, 0.15) is 0 Å². The van der Waals surface area contributed by atoms with Crippen molar-refractivity contribution in [2.75, 3.05) is 0 Å². The van der Waals surface area contributed by atoms with Gasteiger partial charge in [-0.2, -0.15) is 4.09 Å². The van der Waals surface area contributed by atoms with Gasteiger partial charge in [-0.15, -0.1) is 5.10 Å². The van der Waals surface area contributed by atoms with Gasteiger partial charge in [0.2, 0.25) is 0 Å². The lowest BCUT2D eigenvalue weighted by atomic mass is 10.3. The first-order chi connectivity index (χ1) is 5.68. The first-order valence-electron chi connectivity index (χ1n) is 3.30. The van der Waals surface area contributed by atoms with Gasteiger partial charge in [0, 0.05) is 5.25 Å². The van der Waals surface area contributed by atoms with Crippen LogP contribution in [0.1, 0.15) is 13.3 Å². The van der Waals surface area contributed by atoms with Crippen molar-refractivity contribution in [2.45, 2.75) is 18.6 Å². The van der Waals surface area contributed by atoms with Gasteiger partial charge in [-0.3, -0.25) is 4.79 Å². The summed E-state index contributed by atoms with van der Waals surface area (Å²) in [7, 11) is 0. The number of carbonyl (C=O) groups is 1. The topological polar surface area (TPSA) is 80.9 Å². The molecule has 1 aromatic rings. The summed E-state index contributed by atoms with van der Waals surface area (Å²) in [6.07, 6.45) is 1.54. The van der Waals surface area contributed by atoms with E-state index in [-0.39, 0.29) is 11.7 Å². The van der Waals surface area contributed by atoms with Gasteiger partial charge in [-0.1, -0.05) is 6.92 Å². The average Bonchev–Trinajstić information content (AvgIpc) is 2.37. The van der Waals surface area contributed by atoms with E-state index in [1.165, 1.54) is 22.4 Å². The number of carboxylic acids is 1. The van der Waals surface area contributed by atoms with Crippen LogP contribution in [-0.4, -0.2) is 35.9 Å². The second kappa shape index (κ2) is 4.05. The molecule has 0 amide bonds. The lowest BCUT2D eigenvalue weighted by molar-refractivity contribution is -0.136. The molecule has 1 unspecified atom stereocenters. The van der Waals surface area contributed by atoms with Crippen LogP contribution in [-0.2, 0) is 4.79 Å². The molecule has 0 aliphatic carbocycles. The third-order valence-corrected chi connectivity index (χ3v) is 1.99. The molecule has 0 saturated heterocycles. The molecule has 66 valence electrons. The molecule has 1 rings (SSSR count). The minimum Gasteiger partial charge on any atom is -0.481 e. The Morgan fingerprint density at radius 3 is 3.08 bits per heavy atom. The normalized spacial score (nSPS) is 12.8. The Balaban J connectivity index is 2.36.